The van der Waals surface area contributed by atoms with Crippen LogP contribution in [0.3, 0.4) is 0 Å². The quantitative estimate of drug-likeness (QED) is 0.644. The second-order valence-electron chi connectivity index (χ2n) is 4.75. The third-order valence-electron chi connectivity index (χ3n) is 3.55. The lowest BCUT2D eigenvalue weighted by molar-refractivity contribution is -0.140. The summed E-state index contributed by atoms with van der Waals surface area (Å²) in [6.07, 6.45) is 4.74. The summed E-state index contributed by atoms with van der Waals surface area (Å²) in [5.41, 5.74) is 9.38. The van der Waals surface area contributed by atoms with Crippen molar-refractivity contribution >= 4 is 11.7 Å². The van der Waals surface area contributed by atoms with E-state index in [2.05, 4.69) is 16.9 Å². The fourth-order valence-electron chi connectivity index (χ4n) is 2.52. The van der Waals surface area contributed by atoms with Crippen molar-refractivity contribution in [2.45, 2.75) is 32.1 Å². The van der Waals surface area contributed by atoms with Gasteiger partial charge in [0, 0.05) is 12.1 Å². The van der Waals surface area contributed by atoms with Crippen LogP contribution in [0.5, 0.6) is 0 Å². The van der Waals surface area contributed by atoms with Crippen molar-refractivity contribution in [2.75, 3.05) is 12.8 Å². The van der Waals surface area contributed by atoms with Crippen LogP contribution in [0.15, 0.2) is 18.2 Å². The summed E-state index contributed by atoms with van der Waals surface area (Å²) in [6, 6.07) is 6.16. The van der Waals surface area contributed by atoms with E-state index in [1.54, 1.807) is 0 Å². The van der Waals surface area contributed by atoms with Crippen LogP contribution >= 0.6 is 0 Å². The molecule has 1 aromatic carbocycles. The molecule has 3 heteroatoms. The number of carbonyl (C=O) groups excluding carboxylic acids is 1. The van der Waals surface area contributed by atoms with E-state index in [9.17, 15) is 4.79 Å². The maximum atomic E-state index is 11.1. The number of fused-ring (bicyclic) bond motifs is 1. The summed E-state index contributed by atoms with van der Waals surface area (Å²) in [5, 5.41) is 0. The molecule has 1 unspecified atom stereocenters. The first-order valence-corrected chi connectivity index (χ1v) is 6.13. The third-order valence-corrected chi connectivity index (χ3v) is 3.55. The molecule has 17 heavy (non-hydrogen) atoms. The van der Waals surface area contributed by atoms with E-state index in [1.807, 2.05) is 6.07 Å². The Morgan fingerprint density at radius 3 is 3.06 bits per heavy atom. The van der Waals surface area contributed by atoms with Crippen molar-refractivity contribution < 1.29 is 9.53 Å². The average Bonchev–Trinajstić information content (AvgIpc) is 2.35. The minimum absolute atomic E-state index is 0.104. The van der Waals surface area contributed by atoms with Crippen LogP contribution in [-0.2, 0) is 22.4 Å². The summed E-state index contributed by atoms with van der Waals surface area (Å²) in [6.45, 7) is 0. The van der Waals surface area contributed by atoms with Crippen LogP contribution in [0.1, 0.15) is 30.4 Å². The minimum Gasteiger partial charge on any atom is -0.469 e. The van der Waals surface area contributed by atoms with Gasteiger partial charge in [0.15, 0.2) is 0 Å². The second kappa shape index (κ2) is 5.21. The summed E-state index contributed by atoms with van der Waals surface area (Å²) in [4.78, 5) is 11.1. The van der Waals surface area contributed by atoms with Crippen LogP contribution < -0.4 is 5.73 Å². The van der Waals surface area contributed by atoms with Gasteiger partial charge in [-0.2, -0.15) is 0 Å². The van der Waals surface area contributed by atoms with Crippen LogP contribution in [0.2, 0.25) is 0 Å². The van der Waals surface area contributed by atoms with Crippen LogP contribution in [0, 0.1) is 5.92 Å². The second-order valence-corrected chi connectivity index (χ2v) is 4.75. The number of rotatable bonds is 3. The van der Waals surface area contributed by atoms with Crippen LogP contribution in [0.4, 0.5) is 5.69 Å². The van der Waals surface area contributed by atoms with Gasteiger partial charge < -0.3 is 10.5 Å². The fourth-order valence-corrected chi connectivity index (χ4v) is 2.52. The van der Waals surface area contributed by atoms with E-state index in [-0.39, 0.29) is 5.97 Å². The number of ether oxygens (including phenoxy) is 1. The Labute approximate surface area is 102 Å². The molecule has 0 saturated carbocycles. The zero-order chi connectivity index (χ0) is 12.3. The standard InChI is InChI=1S/C14H19NO2/c1-17-14(16)7-3-10-2-4-12-9-13(15)6-5-11(12)8-10/h5-6,9-10H,2-4,7-8,15H2,1H3. The van der Waals surface area contributed by atoms with Gasteiger partial charge in [-0.25, -0.2) is 0 Å². The van der Waals surface area contributed by atoms with Gasteiger partial charge in [-0.05, 0) is 54.9 Å². The Balaban J connectivity index is 1.94. The Morgan fingerprint density at radius 2 is 2.29 bits per heavy atom. The van der Waals surface area contributed by atoms with Gasteiger partial charge in [-0.1, -0.05) is 6.07 Å². The minimum atomic E-state index is -0.104. The number of hydrogen-bond donors (Lipinski definition) is 1. The highest BCUT2D eigenvalue weighted by Gasteiger charge is 2.19. The van der Waals surface area contributed by atoms with Gasteiger partial charge in [0.1, 0.15) is 0 Å². The molecule has 0 aliphatic heterocycles. The molecule has 0 amide bonds. The normalized spacial score (nSPS) is 18.5. The Hall–Kier alpha value is -1.51. The molecular weight excluding hydrogens is 214 g/mol. The Bertz CT molecular complexity index is 415. The molecule has 0 spiro atoms. The molecule has 3 nitrogen and oxygen atoms in total. The first-order chi connectivity index (χ1) is 8.19. The highest BCUT2D eigenvalue weighted by molar-refractivity contribution is 5.69. The molecule has 0 heterocycles. The fraction of sp³-hybridized carbons (Fsp3) is 0.500. The van der Waals surface area contributed by atoms with E-state index < -0.39 is 0 Å². The number of anilines is 1. The molecule has 1 atom stereocenters. The predicted molar refractivity (Wildman–Crippen MR) is 67.6 cm³/mol. The van der Waals surface area contributed by atoms with Crippen LogP contribution in [0.25, 0.3) is 0 Å². The smallest absolute Gasteiger partial charge is 0.305 e. The van der Waals surface area contributed by atoms with E-state index in [1.165, 1.54) is 18.2 Å². The molecule has 1 aromatic rings. The monoisotopic (exact) mass is 233 g/mol. The zero-order valence-electron chi connectivity index (χ0n) is 10.2. The molecule has 2 N–H and O–H groups in total. The molecule has 0 fully saturated rings. The van der Waals surface area contributed by atoms with E-state index in [0.29, 0.717) is 12.3 Å². The number of hydrogen-bond acceptors (Lipinski definition) is 3. The molecule has 92 valence electrons. The molecule has 1 aliphatic rings. The van der Waals surface area contributed by atoms with Crippen LogP contribution in [-0.4, -0.2) is 13.1 Å². The van der Waals surface area contributed by atoms with Gasteiger partial charge in [-0.3, -0.25) is 4.79 Å². The number of methoxy groups -OCH3 is 1. The van der Waals surface area contributed by atoms with Crippen molar-refractivity contribution in [3.8, 4) is 0 Å². The number of nitrogens with two attached hydrogens (primary N) is 1. The maximum absolute atomic E-state index is 11.1. The van der Waals surface area contributed by atoms with Gasteiger partial charge in [0.05, 0.1) is 7.11 Å². The van der Waals surface area contributed by atoms with Gasteiger partial charge in [-0.15, -0.1) is 0 Å². The van der Waals surface area contributed by atoms with Crippen molar-refractivity contribution in [1.82, 2.24) is 0 Å². The Morgan fingerprint density at radius 1 is 1.47 bits per heavy atom. The van der Waals surface area contributed by atoms with Crippen molar-refractivity contribution in [3.63, 3.8) is 0 Å². The highest BCUT2D eigenvalue weighted by atomic mass is 16.5. The molecule has 2 rings (SSSR count). The summed E-state index contributed by atoms with van der Waals surface area (Å²) in [5.74, 6) is 0.498. The zero-order valence-corrected chi connectivity index (χ0v) is 10.2. The lowest BCUT2D eigenvalue weighted by atomic mass is 9.81. The average molecular weight is 233 g/mol. The lowest BCUT2D eigenvalue weighted by Gasteiger charge is -2.24. The van der Waals surface area contributed by atoms with Crippen molar-refractivity contribution in [2.24, 2.45) is 5.92 Å². The topological polar surface area (TPSA) is 52.3 Å². The molecule has 0 aromatic heterocycles. The maximum Gasteiger partial charge on any atom is 0.305 e. The van der Waals surface area contributed by atoms with Gasteiger partial charge in [0.2, 0.25) is 0 Å². The molecule has 0 bridgehead atoms. The number of nitrogen functional groups attached to an aromatic ring is 1. The van der Waals surface area contributed by atoms with Gasteiger partial charge >= 0.3 is 5.97 Å². The highest BCUT2D eigenvalue weighted by Crippen LogP contribution is 2.29. The number of esters is 1. The molecule has 0 saturated heterocycles. The summed E-state index contributed by atoms with van der Waals surface area (Å²) < 4.78 is 4.67. The van der Waals surface area contributed by atoms with Crippen molar-refractivity contribution in [1.29, 1.82) is 0 Å². The molecule has 1 aliphatic carbocycles. The van der Waals surface area contributed by atoms with E-state index >= 15 is 0 Å². The molecular formula is C14H19NO2. The predicted octanol–water partition coefficient (Wildman–Crippen LogP) is 2.33. The number of carbonyl (C=O) groups is 1. The first-order valence-electron chi connectivity index (χ1n) is 6.13. The largest absolute Gasteiger partial charge is 0.469 e. The van der Waals surface area contributed by atoms with E-state index in [0.717, 1.165) is 31.4 Å². The SMILES string of the molecule is COC(=O)CCC1CCc2cc(N)ccc2C1. The lowest BCUT2D eigenvalue weighted by Crippen LogP contribution is -2.16. The van der Waals surface area contributed by atoms with Gasteiger partial charge in [0.25, 0.3) is 0 Å². The summed E-state index contributed by atoms with van der Waals surface area (Å²) >= 11 is 0. The summed E-state index contributed by atoms with van der Waals surface area (Å²) in [7, 11) is 1.45. The Kier molecular flexibility index (Phi) is 3.67. The van der Waals surface area contributed by atoms with Crippen molar-refractivity contribution in [3.05, 3.63) is 29.3 Å². The third kappa shape index (κ3) is 2.99. The van der Waals surface area contributed by atoms with E-state index in [4.69, 9.17) is 5.73 Å². The number of benzene rings is 1. The first kappa shape index (κ1) is 12.0. The number of aryl methyl sites for hydroxylation is 1. The molecule has 0 radical (unpaired) electrons.